The van der Waals surface area contributed by atoms with Gasteiger partial charge in [0.1, 0.15) is 0 Å². The standard InChI is InChI=1S/C27H21N3O3/c31-25(22-10-4-1-5-11-22)28-16-18-29(26(32)23-12-6-2-7-13-23)20-21-30(19-17-28)27(33)24-14-8-3-9-15-24/h1-21H. The van der Waals surface area contributed by atoms with Gasteiger partial charge < -0.3 is 0 Å². The summed E-state index contributed by atoms with van der Waals surface area (Å²) in [6, 6.07) is 26.3. The Bertz CT molecular complexity index is 1050. The normalized spacial score (nSPS) is 13.3. The SMILES string of the molecule is O=C(c1ccccc1)N1C=CN(C(=O)c2ccccc2)C=CN(C(=O)c2ccccc2)C=C1. The van der Waals surface area contributed by atoms with E-state index in [0.29, 0.717) is 16.7 Å². The maximum atomic E-state index is 13.1. The van der Waals surface area contributed by atoms with E-state index in [1.165, 1.54) is 51.9 Å². The molecule has 0 saturated heterocycles. The number of benzene rings is 3. The molecule has 0 atom stereocenters. The van der Waals surface area contributed by atoms with Crippen molar-refractivity contribution in [3.63, 3.8) is 0 Å². The lowest BCUT2D eigenvalue weighted by Gasteiger charge is -2.16. The summed E-state index contributed by atoms with van der Waals surface area (Å²) in [6.07, 6.45) is 8.96. The third-order valence-corrected chi connectivity index (χ3v) is 4.93. The van der Waals surface area contributed by atoms with Crippen LogP contribution in [0.3, 0.4) is 0 Å². The van der Waals surface area contributed by atoms with Crippen molar-refractivity contribution in [2.75, 3.05) is 0 Å². The first-order valence-corrected chi connectivity index (χ1v) is 10.3. The van der Waals surface area contributed by atoms with Gasteiger partial charge in [-0.2, -0.15) is 0 Å². The Kier molecular flexibility index (Phi) is 6.56. The Morgan fingerprint density at radius 1 is 0.364 bits per heavy atom. The third kappa shape index (κ3) is 5.14. The summed E-state index contributed by atoms with van der Waals surface area (Å²) in [4.78, 5) is 43.2. The first-order valence-electron chi connectivity index (χ1n) is 10.3. The van der Waals surface area contributed by atoms with Gasteiger partial charge in [-0.1, -0.05) is 54.6 Å². The fourth-order valence-electron chi connectivity index (χ4n) is 3.18. The fraction of sp³-hybridized carbons (Fsp3) is 0. The Balaban J connectivity index is 1.71. The van der Waals surface area contributed by atoms with Crippen molar-refractivity contribution < 1.29 is 14.4 Å². The van der Waals surface area contributed by atoms with Crippen LogP contribution in [0.25, 0.3) is 0 Å². The summed E-state index contributed by atoms with van der Waals surface area (Å²) in [5.41, 5.74) is 1.42. The largest absolute Gasteiger partial charge is 0.288 e. The predicted octanol–water partition coefficient (Wildman–Crippen LogP) is 4.84. The summed E-state index contributed by atoms with van der Waals surface area (Å²) < 4.78 is 0. The lowest BCUT2D eigenvalue weighted by molar-refractivity contribution is 0.0845. The van der Waals surface area contributed by atoms with Crippen LogP contribution in [0.15, 0.2) is 128 Å². The van der Waals surface area contributed by atoms with Crippen molar-refractivity contribution >= 4 is 17.7 Å². The molecule has 0 radical (unpaired) electrons. The molecule has 0 unspecified atom stereocenters. The van der Waals surface area contributed by atoms with Gasteiger partial charge in [0.05, 0.1) is 0 Å². The number of nitrogens with zero attached hydrogens (tertiary/aromatic N) is 3. The molecular weight excluding hydrogens is 414 g/mol. The zero-order valence-electron chi connectivity index (χ0n) is 17.7. The molecule has 33 heavy (non-hydrogen) atoms. The molecule has 1 aliphatic rings. The Labute approximate surface area is 192 Å². The minimum atomic E-state index is -0.302. The van der Waals surface area contributed by atoms with Gasteiger partial charge in [0.2, 0.25) is 0 Å². The van der Waals surface area contributed by atoms with Crippen LogP contribution in [0.4, 0.5) is 0 Å². The maximum absolute atomic E-state index is 13.1. The highest BCUT2D eigenvalue weighted by Gasteiger charge is 2.18. The van der Waals surface area contributed by atoms with E-state index in [1.54, 1.807) is 72.8 Å². The third-order valence-electron chi connectivity index (χ3n) is 4.93. The number of hydrogen-bond acceptors (Lipinski definition) is 3. The average molecular weight is 435 g/mol. The highest BCUT2D eigenvalue weighted by Crippen LogP contribution is 2.14. The zero-order valence-corrected chi connectivity index (χ0v) is 17.7. The minimum Gasteiger partial charge on any atom is -0.288 e. The molecule has 0 spiro atoms. The van der Waals surface area contributed by atoms with Crippen molar-refractivity contribution in [1.82, 2.24) is 14.7 Å². The summed E-state index contributed by atoms with van der Waals surface area (Å²) in [5.74, 6) is -0.905. The highest BCUT2D eigenvalue weighted by molar-refractivity contribution is 5.98. The minimum absolute atomic E-state index is 0.302. The molecule has 0 aliphatic carbocycles. The van der Waals surface area contributed by atoms with E-state index in [1.807, 2.05) is 18.2 Å². The Morgan fingerprint density at radius 3 is 0.788 bits per heavy atom. The second-order valence-corrected chi connectivity index (χ2v) is 7.13. The quantitative estimate of drug-likeness (QED) is 0.591. The average Bonchev–Trinajstić information content (AvgIpc) is 3.00. The van der Waals surface area contributed by atoms with Crippen molar-refractivity contribution in [1.29, 1.82) is 0 Å². The molecular formula is C27H21N3O3. The first kappa shape index (κ1) is 21.5. The topological polar surface area (TPSA) is 60.9 Å². The molecule has 6 heteroatoms. The second-order valence-electron chi connectivity index (χ2n) is 7.13. The van der Waals surface area contributed by atoms with E-state index in [2.05, 4.69) is 0 Å². The summed E-state index contributed by atoms with van der Waals surface area (Å²) in [7, 11) is 0. The van der Waals surface area contributed by atoms with Crippen LogP contribution in [-0.4, -0.2) is 32.4 Å². The second kappa shape index (κ2) is 10.1. The number of hydrogen-bond donors (Lipinski definition) is 0. The van der Waals surface area contributed by atoms with Crippen LogP contribution in [0, 0.1) is 0 Å². The number of amides is 3. The van der Waals surface area contributed by atoms with Crippen LogP contribution >= 0.6 is 0 Å². The van der Waals surface area contributed by atoms with Crippen LogP contribution in [0.2, 0.25) is 0 Å². The summed E-state index contributed by atoms with van der Waals surface area (Å²) in [5, 5.41) is 0. The lowest BCUT2D eigenvalue weighted by Crippen LogP contribution is -2.23. The molecule has 3 aromatic carbocycles. The summed E-state index contributed by atoms with van der Waals surface area (Å²) in [6.45, 7) is 0. The molecule has 1 heterocycles. The maximum Gasteiger partial charge on any atom is 0.261 e. The Hall–Kier alpha value is -4.71. The molecule has 3 aromatic rings. The van der Waals surface area contributed by atoms with Crippen LogP contribution in [-0.2, 0) is 0 Å². The van der Waals surface area contributed by atoms with Gasteiger partial charge in [-0.3, -0.25) is 29.1 Å². The van der Waals surface area contributed by atoms with Gasteiger partial charge >= 0.3 is 0 Å². The van der Waals surface area contributed by atoms with Gasteiger partial charge in [-0.25, -0.2) is 0 Å². The monoisotopic (exact) mass is 435 g/mol. The molecule has 0 N–H and O–H groups in total. The molecule has 0 aromatic heterocycles. The highest BCUT2D eigenvalue weighted by atomic mass is 16.2. The number of rotatable bonds is 3. The summed E-state index contributed by atoms with van der Waals surface area (Å²) >= 11 is 0. The van der Waals surface area contributed by atoms with Gasteiger partial charge in [0.15, 0.2) is 0 Å². The van der Waals surface area contributed by atoms with E-state index in [-0.39, 0.29) is 17.7 Å². The van der Waals surface area contributed by atoms with Crippen molar-refractivity contribution in [3.8, 4) is 0 Å². The van der Waals surface area contributed by atoms with Crippen LogP contribution < -0.4 is 0 Å². The van der Waals surface area contributed by atoms with E-state index in [9.17, 15) is 14.4 Å². The molecule has 162 valence electrons. The Morgan fingerprint density at radius 2 is 0.576 bits per heavy atom. The van der Waals surface area contributed by atoms with Gasteiger partial charge in [-0.05, 0) is 36.4 Å². The molecule has 3 amide bonds. The smallest absolute Gasteiger partial charge is 0.261 e. The van der Waals surface area contributed by atoms with Gasteiger partial charge in [-0.15, -0.1) is 0 Å². The van der Waals surface area contributed by atoms with Crippen molar-refractivity contribution in [2.24, 2.45) is 0 Å². The van der Waals surface area contributed by atoms with E-state index in [0.717, 1.165) is 0 Å². The van der Waals surface area contributed by atoms with Gasteiger partial charge in [0.25, 0.3) is 17.7 Å². The molecule has 0 fully saturated rings. The van der Waals surface area contributed by atoms with Crippen LogP contribution in [0.1, 0.15) is 31.1 Å². The molecule has 0 saturated carbocycles. The fourth-order valence-corrected chi connectivity index (χ4v) is 3.18. The zero-order chi connectivity index (χ0) is 23.0. The molecule has 4 rings (SSSR count). The number of carbonyl (C=O) groups is 3. The first-order chi connectivity index (χ1) is 16.1. The molecule has 0 bridgehead atoms. The van der Waals surface area contributed by atoms with E-state index in [4.69, 9.17) is 0 Å². The van der Waals surface area contributed by atoms with Crippen molar-refractivity contribution in [2.45, 2.75) is 0 Å². The predicted molar refractivity (Wildman–Crippen MR) is 125 cm³/mol. The molecule has 6 nitrogen and oxygen atoms in total. The van der Waals surface area contributed by atoms with Gasteiger partial charge in [0, 0.05) is 53.9 Å². The van der Waals surface area contributed by atoms with E-state index >= 15 is 0 Å². The van der Waals surface area contributed by atoms with E-state index < -0.39 is 0 Å². The van der Waals surface area contributed by atoms with Crippen LogP contribution in [0.5, 0.6) is 0 Å². The lowest BCUT2D eigenvalue weighted by atomic mass is 10.2. The molecule has 1 aliphatic heterocycles. The number of carbonyl (C=O) groups excluding carboxylic acids is 3. The van der Waals surface area contributed by atoms with Crippen molar-refractivity contribution in [3.05, 3.63) is 145 Å².